The van der Waals surface area contributed by atoms with Crippen LogP contribution < -0.4 is 0 Å². The summed E-state index contributed by atoms with van der Waals surface area (Å²) in [7, 11) is 2.17. The lowest BCUT2D eigenvalue weighted by molar-refractivity contribution is 2.09. The van der Waals surface area contributed by atoms with Gasteiger partial charge in [0.25, 0.3) is 0 Å². The highest BCUT2D eigenvalue weighted by Crippen LogP contribution is 2.30. The van der Waals surface area contributed by atoms with E-state index in [2.05, 4.69) is 0 Å². The topological polar surface area (TPSA) is 0 Å². The van der Waals surface area contributed by atoms with Crippen LogP contribution in [0.2, 0.25) is 0 Å². The van der Waals surface area contributed by atoms with Gasteiger partial charge in [-0.2, -0.15) is 0 Å². The standard InChI is InChI=1S/C2H4S2/c1-3-2-4(1)3/h1-2H2. The van der Waals surface area contributed by atoms with E-state index in [1.807, 2.05) is 0 Å². The Morgan fingerprint density at radius 2 is 1.25 bits per heavy atom. The minimum Gasteiger partial charge on any atom is -0.140 e. The van der Waals surface area contributed by atoms with E-state index in [9.17, 15) is 0 Å². The van der Waals surface area contributed by atoms with Crippen molar-refractivity contribution in [2.75, 3.05) is 10.2 Å². The minimum absolute atomic E-state index is 1.08. The highest BCUT2D eigenvalue weighted by molar-refractivity contribution is 8.74. The Hall–Kier alpha value is 0.700. The smallest absolute Gasteiger partial charge is 0.0408 e. The summed E-state index contributed by atoms with van der Waals surface area (Å²) in [6.07, 6.45) is 0. The van der Waals surface area contributed by atoms with E-state index < -0.39 is 0 Å². The van der Waals surface area contributed by atoms with Gasteiger partial charge in [0, 0.05) is 10.2 Å². The van der Waals surface area contributed by atoms with Crippen LogP contribution in [0.4, 0.5) is 0 Å². The van der Waals surface area contributed by atoms with Crippen molar-refractivity contribution in [2.24, 2.45) is 0 Å². The first-order valence-electron chi connectivity index (χ1n) is 1.32. The molecule has 2 heterocycles. The van der Waals surface area contributed by atoms with Crippen LogP contribution in [0.1, 0.15) is 0 Å². The van der Waals surface area contributed by atoms with E-state index in [4.69, 9.17) is 0 Å². The van der Waals surface area contributed by atoms with E-state index in [1.54, 1.807) is 10.2 Å². The third-order valence-electron chi connectivity index (χ3n) is 0.736. The molecule has 0 fully saturated rings. The van der Waals surface area contributed by atoms with Crippen LogP contribution >= 0.6 is 0 Å². The first-order valence-corrected chi connectivity index (χ1v) is 4.96. The first-order chi connectivity index (χ1) is 1.97. The summed E-state index contributed by atoms with van der Waals surface area (Å²) in [6, 6.07) is 0. The van der Waals surface area contributed by atoms with Crippen LogP contribution in [0.3, 0.4) is 0 Å². The second-order valence-electron chi connectivity index (χ2n) is 1.12. The summed E-state index contributed by atoms with van der Waals surface area (Å²) in [5.41, 5.74) is 0. The molecule has 2 aliphatic heterocycles. The SMILES string of the molecule is C1S2=S1C2. The fourth-order valence-corrected chi connectivity index (χ4v) is 4.42. The van der Waals surface area contributed by atoms with Gasteiger partial charge in [-0.3, -0.25) is 0 Å². The van der Waals surface area contributed by atoms with Crippen molar-refractivity contribution in [2.45, 2.75) is 0 Å². The fraction of sp³-hybridized carbons (Fsp3) is 1.00. The normalized spacial score (nSPS) is 66.0. The lowest BCUT2D eigenvalue weighted by Gasteiger charge is -1.71. The van der Waals surface area contributed by atoms with E-state index in [1.165, 1.54) is 0 Å². The molecule has 2 heteroatoms. The molecule has 0 aliphatic carbocycles. The Labute approximate surface area is 29.7 Å². The molecule has 0 nitrogen and oxygen atoms in total. The maximum Gasteiger partial charge on any atom is 0.0408 e. The lowest BCUT2D eigenvalue weighted by atomic mass is 11.8. The van der Waals surface area contributed by atoms with Crippen LogP contribution in [0.5, 0.6) is 0 Å². The van der Waals surface area contributed by atoms with Crippen LogP contribution in [0.25, 0.3) is 0 Å². The number of hydrogen-bond acceptors (Lipinski definition) is 0. The van der Waals surface area contributed by atoms with Crippen molar-refractivity contribution >= 4 is 18.9 Å². The molecule has 0 N–H and O–H groups in total. The van der Waals surface area contributed by atoms with Gasteiger partial charge in [0.15, 0.2) is 0 Å². The molecular formula is C2H4S2. The zero-order valence-electron chi connectivity index (χ0n) is 2.23. The second-order valence-corrected chi connectivity index (χ2v) is 7.59. The molecule has 0 radical (unpaired) electrons. The van der Waals surface area contributed by atoms with E-state index in [-0.39, 0.29) is 0 Å². The van der Waals surface area contributed by atoms with E-state index in [0.29, 0.717) is 0 Å². The van der Waals surface area contributed by atoms with Gasteiger partial charge in [-0.1, -0.05) is 0 Å². The van der Waals surface area contributed by atoms with Gasteiger partial charge in [0.2, 0.25) is 0 Å². The zero-order valence-corrected chi connectivity index (χ0v) is 3.86. The van der Waals surface area contributed by atoms with Gasteiger partial charge < -0.3 is 0 Å². The van der Waals surface area contributed by atoms with Gasteiger partial charge in [0.1, 0.15) is 0 Å². The predicted octanol–water partition coefficient (Wildman–Crippen LogP) is 0.0802. The lowest BCUT2D eigenvalue weighted by Crippen LogP contribution is -1.80. The molecule has 0 saturated heterocycles. The number of rotatable bonds is 0. The van der Waals surface area contributed by atoms with Crippen LogP contribution in [0, 0.1) is 0 Å². The van der Waals surface area contributed by atoms with Gasteiger partial charge in [-0.15, -0.1) is 18.9 Å². The van der Waals surface area contributed by atoms with Gasteiger partial charge >= 0.3 is 0 Å². The molecule has 0 aromatic heterocycles. The Morgan fingerprint density at radius 3 is 1.25 bits per heavy atom. The fourth-order valence-electron chi connectivity index (χ4n) is 0.219. The summed E-state index contributed by atoms with van der Waals surface area (Å²) in [5.74, 6) is 0. The monoisotopic (exact) mass is 92.0 g/mol. The minimum atomic E-state index is 1.08. The molecule has 0 atom stereocenters. The van der Waals surface area contributed by atoms with Crippen molar-refractivity contribution in [3.05, 3.63) is 0 Å². The number of hydrogen-bond donors (Lipinski definition) is 0. The van der Waals surface area contributed by atoms with Crippen molar-refractivity contribution in [1.82, 2.24) is 0 Å². The van der Waals surface area contributed by atoms with E-state index in [0.717, 1.165) is 18.9 Å². The maximum absolute atomic E-state index is 1.64. The Morgan fingerprint density at radius 1 is 1.00 bits per heavy atom. The molecule has 24 valence electrons. The Bertz CT molecular complexity index is 72.2. The summed E-state index contributed by atoms with van der Waals surface area (Å²) in [5, 5.41) is 3.28. The average Bonchev–Trinajstić information content (AvgIpc) is 1.36. The molecule has 0 saturated carbocycles. The first kappa shape index (κ1) is 1.98. The molecule has 2 aliphatic rings. The summed E-state index contributed by atoms with van der Waals surface area (Å²) in [4.78, 5) is 0. The van der Waals surface area contributed by atoms with Gasteiger partial charge in [-0.05, 0) is 0 Å². The summed E-state index contributed by atoms with van der Waals surface area (Å²) in [6.45, 7) is 0. The van der Waals surface area contributed by atoms with Crippen LogP contribution in [-0.4, -0.2) is 10.2 Å². The summed E-state index contributed by atoms with van der Waals surface area (Å²) < 4.78 is 0. The molecule has 0 amide bonds. The average molecular weight is 92.2 g/mol. The van der Waals surface area contributed by atoms with E-state index >= 15 is 0 Å². The van der Waals surface area contributed by atoms with Crippen molar-refractivity contribution in [3.8, 4) is 0 Å². The summed E-state index contributed by atoms with van der Waals surface area (Å²) >= 11 is 0. The molecule has 2 rings (SSSR count). The molecule has 0 aromatic carbocycles. The highest BCUT2D eigenvalue weighted by Gasteiger charge is 2.32. The Kier molecular flexibility index (Phi) is 0.176. The van der Waals surface area contributed by atoms with Crippen molar-refractivity contribution in [1.29, 1.82) is 0 Å². The third kappa shape index (κ3) is 0.103. The van der Waals surface area contributed by atoms with Crippen LogP contribution in [0.15, 0.2) is 0 Å². The van der Waals surface area contributed by atoms with Gasteiger partial charge in [0.05, 0.1) is 0 Å². The second kappa shape index (κ2) is 0.356. The molecule has 0 unspecified atom stereocenters. The third-order valence-corrected chi connectivity index (χ3v) is 6.62. The quantitative estimate of drug-likeness (QED) is 0.397. The largest absolute Gasteiger partial charge is 0.140 e. The van der Waals surface area contributed by atoms with Crippen LogP contribution in [-0.2, 0) is 18.9 Å². The molecule has 0 spiro atoms. The highest BCUT2D eigenvalue weighted by atomic mass is 33.0. The predicted molar refractivity (Wildman–Crippen MR) is 24.5 cm³/mol. The molecule has 0 bridgehead atoms. The molecule has 0 aromatic rings. The maximum atomic E-state index is 1.64. The Balaban J connectivity index is 2.77. The molecule has 4 heavy (non-hydrogen) atoms. The zero-order chi connectivity index (χ0) is 2.57. The van der Waals surface area contributed by atoms with Crippen molar-refractivity contribution < 1.29 is 0 Å². The van der Waals surface area contributed by atoms with Gasteiger partial charge in [-0.25, -0.2) is 0 Å². The molecular weight excluding hydrogens is 88.2 g/mol. The van der Waals surface area contributed by atoms with Crippen molar-refractivity contribution in [3.63, 3.8) is 0 Å².